The van der Waals surface area contributed by atoms with Crippen LogP contribution in [0.5, 0.6) is 0 Å². The van der Waals surface area contributed by atoms with E-state index in [-0.39, 0.29) is 18.2 Å². The van der Waals surface area contributed by atoms with Gasteiger partial charge in [0.25, 0.3) is 0 Å². The smallest absolute Gasteiger partial charge is 0.245 e. The van der Waals surface area contributed by atoms with E-state index in [1.165, 1.54) is 0 Å². The highest BCUT2D eigenvalue weighted by Gasteiger charge is 2.33. The first-order chi connectivity index (χ1) is 23.1. The van der Waals surface area contributed by atoms with Gasteiger partial charge in [0.05, 0.1) is 6.04 Å². The van der Waals surface area contributed by atoms with Gasteiger partial charge in [-0.2, -0.15) is 0 Å². The van der Waals surface area contributed by atoms with Gasteiger partial charge in [0.15, 0.2) is 0 Å². The molecule has 11 nitrogen and oxygen atoms in total. The predicted octanol–water partition coefficient (Wildman–Crippen LogP) is 1.54. The summed E-state index contributed by atoms with van der Waals surface area (Å²) < 4.78 is 12.8. The van der Waals surface area contributed by atoms with Crippen LogP contribution in [0.1, 0.15) is 50.7 Å². The number of halogens is 1. The highest BCUT2D eigenvalue weighted by atomic mass is 19.1. The Morgan fingerprint density at radius 3 is 1.85 bits per heavy atom. The van der Waals surface area contributed by atoms with Crippen molar-refractivity contribution in [2.75, 3.05) is 45.9 Å². The van der Waals surface area contributed by atoms with Crippen LogP contribution in [0.25, 0.3) is 0 Å². The van der Waals surface area contributed by atoms with Crippen molar-refractivity contribution >= 4 is 23.6 Å². The van der Waals surface area contributed by atoms with Crippen LogP contribution in [-0.4, -0.2) is 104 Å². The number of nitrogens with zero attached hydrogens (tertiary/aromatic N) is 2. The number of carbonyl (C=O) groups is 4. The molecule has 1 aliphatic heterocycles. The van der Waals surface area contributed by atoms with Crippen molar-refractivity contribution in [2.45, 2.75) is 76.5 Å². The molecular formula is C36H54FN7O4. The molecule has 0 spiro atoms. The average Bonchev–Trinajstić information content (AvgIpc) is 3.08. The van der Waals surface area contributed by atoms with E-state index in [2.05, 4.69) is 16.0 Å². The molecule has 4 atom stereocenters. The largest absolute Gasteiger partial charge is 0.343 e. The second-order valence-corrected chi connectivity index (χ2v) is 12.9. The van der Waals surface area contributed by atoms with Crippen molar-refractivity contribution in [1.82, 2.24) is 25.8 Å². The highest BCUT2D eigenvalue weighted by Crippen LogP contribution is 2.13. The van der Waals surface area contributed by atoms with Gasteiger partial charge in [-0.1, -0.05) is 74.5 Å². The van der Waals surface area contributed by atoms with Gasteiger partial charge in [-0.3, -0.25) is 24.1 Å². The maximum Gasteiger partial charge on any atom is 0.245 e. The van der Waals surface area contributed by atoms with Crippen LogP contribution < -0.4 is 27.4 Å². The van der Waals surface area contributed by atoms with Crippen LogP contribution in [0.4, 0.5) is 4.39 Å². The molecule has 0 aromatic heterocycles. The quantitative estimate of drug-likeness (QED) is 0.142. The molecule has 0 radical (unpaired) electrons. The summed E-state index contributed by atoms with van der Waals surface area (Å²) in [5.41, 5.74) is 13.7. The Hall–Kier alpha value is -3.87. The van der Waals surface area contributed by atoms with E-state index < -0.39 is 48.6 Å². The number of alkyl halides is 1. The normalized spacial score (nSPS) is 16.1. The first-order valence-corrected chi connectivity index (χ1v) is 17.1. The lowest BCUT2D eigenvalue weighted by Gasteiger charge is -2.36. The summed E-state index contributed by atoms with van der Waals surface area (Å²) in [4.78, 5) is 58.2. The predicted molar refractivity (Wildman–Crippen MR) is 185 cm³/mol. The summed E-state index contributed by atoms with van der Waals surface area (Å²) in [6.45, 7) is 6.27. The topological polar surface area (TPSA) is 163 Å². The molecule has 1 heterocycles. The van der Waals surface area contributed by atoms with Crippen LogP contribution >= 0.6 is 0 Å². The Bertz CT molecular complexity index is 1280. The van der Waals surface area contributed by atoms with Crippen molar-refractivity contribution in [3.63, 3.8) is 0 Å². The standard InChI is InChI=1S/C36H54FN7O4/c1-26(2)23-31(34(46)40-30(15-9-10-17-38)36(48)44-21-19-43(18-16-37)20-22-44)42-35(47)32(25-28-13-7-4-8-14-28)41-33(45)29(39)24-27-11-5-3-6-12-27/h3-8,11-14,26,29-32H,9-10,15-25,38-39H2,1-2H3,(H,40,46)(H,41,45)(H,42,47)/t29-,30-,31-,32-/m1/s1. The number of carbonyl (C=O) groups excluding carboxylic acids is 4. The highest BCUT2D eigenvalue weighted by molar-refractivity contribution is 5.95. The zero-order valence-corrected chi connectivity index (χ0v) is 28.4. The number of nitrogens with one attached hydrogen (secondary N) is 3. The Kier molecular flexibility index (Phi) is 16.5. The summed E-state index contributed by atoms with van der Waals surface area (Å²) >= 11 is 0. The van der Waals surface area contributed by atoms with E-state index in [4.69, 9.17) is 11.5 Å². The van der Waals surface area contributed by atoms with Crippen molar-refractivity contribution in [3.8, 4) is 0 Å². The monoisotopic (exact) mass is 667 g/mol. The van der Waals surface area contributed by atoms with Crippen LogP contribution in [0, 0.1) is 5.92 Å². The Balaban J connectivity index is 1.75. The van der Waals surface area contributed by atoms with Crippen molar-refractivity contribution in [3.05, 3.63) is 71.8 Å². The van der Waals surface area contributed by atoms with Crippen molar-refractivity contribution in [2.24, 2.45) is 17.4 Å². The SMILES string of the molecule is CC(C)C[C@@H](NC(=O)[C@@H](Cc1ccccc1)NC(=O)[C@H](N)Cc1ccccc1)C(=O)N[C@H](CCCCN)C(=O)N1CCN(CCF)CC1. The molecule has 1 fully saturated rings. The number of piperazine rings is 1. The van der Waals surface area contributed by atoms with E-state index in [1.54, 1.807) is 4.90 Å². The molecule has 264 valence electrons. The fraction of sp³-hybridized carbons (Fsp3) is 0.556. The molecule has 4 amide bonds. The number of unbranched alkanes of at least 4 members (excludes halogenated alkanes) is 1. The third kappa shape index (κ3) is 13.0. The fourth-order valence-corrected chi connectivity index (χ4v) is 5.83. The third-order valence-corrected chi connectivity index (χ3v) is 8.54. The number of hydrogen-bond donors (Lipinski definition) is 5. The molecule has 1 saturated heterocycles. The molecule has 3 rings (SSSR count). The zero-order chi connectivity index (χ0) is 34.9. The summed E-state index contributed by atoms with van der Waals surface area (Å²) in [5, 5.41) is 8.63. The average molecular weight is 668 g/mol. The lowest BCUT2D eigenvalue weighted by Crippen LogP contribution is -2.59. The van der Waals surface area contributed by atoms with E-state index >= 15 is 0 Å². The lowest BCUT2D eigenvalue weighted by atomic mass is 9.99. The number of rotatable bonds is 19. The third-order valence-electron chi connectivity index (χ3n) is 8.54. The Morgan fingerprint density at radius 1 is 0.750 bits per heavy atom. The summed E-state index contributed by atoms with van der Waals surface area (Å²) in [5.74, 6) is -1.62. The summed E-state index contributed by atoms with van der Waals surface area (Å²) in [6, 6.07) is 15.1. The first-order valence-electron chi connectivity index (χ1n) is 17.1. The number of hydrogen-bond acceptors (Lipinski definition) is 7. The molecular weight excluding hydrogens is 613 g/mol. The zero-order valence-electron chi connectivity index (χ0n) is 28.4. The molecule has 0 unspecified atom stereocenters. The fourth-order valence-electron chi connectivity index (χ4n) is 5.83. The second-order valence-electron chi connectivity index (χ2n) is 12.9. The molecule has 0 bridgehead atoms. The maximum atomic E-state index is 13.9. The van der Waals surface area contributed by atoms with Crippen molar-refractivity contribution < 1.29 is 23.6 Å². The molecule has 2 aromatic rings. The Morgan fingerprint density at radius 2 is 1.29 bits per heavy atom. The summed E-state index contributed by atoms with van der Waals surface area (Å²) in [6.07, 6.45) is 2.56. The van der Waals surface area contributed by atoms with E-state index in [0.29, 0.717) is 71.4 Å². The number of nitrogens with two attached hydrogens (primary N) is 2. The molecule has 0 aliphatic carbocycles. The second kappa shape index (κ2) is 20.5. The van der Waals surface area contributed by atoms with Gasteiger partial charge < -0.3 is 32.3 Å². The molecule has 1 aliphatic rings. The number of amides is 4. The van der Waals surface area contributed by atoms with Crippen molar-refractivity contribution in [1.29, 1.82) is 0 Å². The van der Waals surface area contributed by atoms with Crippen LogP contribution in [0.15, 0.2) is 60.7 Å². The van der Waals surface area contributed by atoms with Gasteiger partial charge in [-0.05, 0) is 55.7 Å². The molecule has 7 N–H and O–H groups in total. The van der Waals surface area contributed by atoms with Crippen LogP contribution in [0.3, 0.4) is 0 Å². The van der Waals surface area contributed by atoms with E-state index in [9.17, 15) is 23.6 Å². The van der Waals surface area contributed by atoms with Gasteiger partial charge >= 0.3 is 0 Å². The number of benzene rings is 2. The van der Waals surface area contributed by atoms with Gasteiger partial charge in [-0.15, -0.1) is 0 Å². The first kappa shape index (κ1) is 38.6. The molecule has 12 heteroatoms. The maximum absolute atomic E-state index is 13.9. The van der Waals surface area contributed by atoms with Gasteiger partial charge in [0.2, 0.25) is 23.6 Å². The van der Waals surface area contributed by atoms with Gasteiger partial charge in [0.1, 0.15) is 24.8 Å². The van der Waals surface area contributed by atoms with Gasteiger partial charge in [-0.25, -0.2) is 4.39 Å². The molecule has 0 saturated carbocycles. The van der Waals surface area contributed by atoms with E-state index in [1.807, 2.05) is 79.4 Å². The lowest BCUT2D eigenvalue weighted by molar-refractivity contribution is -0.139. The van der Waals surface area contributed by atoms with E-state index in [0.717, 1.165) is 11.1 Å². The van der Waals surface area contributed by atoms with Gasteiger partial charge in [0, 0.05) is 39.1 Å². The minimum Gasteiger partial charge on any atom is -0.343 e. The van der Waals surface area contributed by atoms with Crippen LogP contribution in [-0.2, 0) is 32.0 Å². The van der Waals surface area contributed by atoms with Crippen LogP contribution in [0.2, 0.25) is 0 Å². The summed E-state index contributed by atoms with van der Waals surface area (Å²) in [7, 11) is 0. The minimum atomic E-state index is -0.994. The minimum absolute atomic E-state index is 0.0393. The molecule has 2 aromatic carbocycles. The Labute approximate surface area is 284 Å². The molecule has 48 heavy (non-hydrogen) atoms.